The Morgan fingerprint density at radius 1 is 0.862 bits per heavy atom. The van der Waals surface area contributed by atoms with Crippen molar-refractivity contribution in [2.45, 2.75) is 76.5 Å². The maximum Gasteiger partial charge on any atom is 0.142 e. The van der Waals surface area contributed by atoms with E-state index in [0.29, 0.717) is 11.8 Å². The monoisotopic (exact) mass is 412 g/mol. The molecule has 0 radical (unpaired) electrons. The molecule has 4 rings (SSSR count). The molecule has 0 N–H and O–H groups in total. The quantitative estimate of drug-likeness (QED) is 0.460. The van der Waals surface area contributed by atoms with E-state index in [9.17, 15) is 4.39 Å². The Morgan fingerprint density at radius 2 is 1.48 bits per heavy atom. The van der Waals surface area contributed by atoms with Crippen LogP contribution >= 0.6 is 11.6 Å². The summed E-state index contributed by atoms with van der Waals surface area (Å²) in [6.45, 7) is 2.39. The lowest BCUT2D eigenvalue weighted by Gasteiger charge is -2.38. The molecule has 1 atom stereocenters. The lowest BCUT2D eigenvalue weighted by atomic mass is 9.67. The molecule has 2 fully saturated rings. The largest absolute Gasteiger partial charge is 0.205 e. The Kier molecular flexibility index (Phi) is 6.96. The molecular weight excluding hydrogens is 379 g/mol. The summed E-state index contributed by atoms with van der Waals surface area (Å²) in [4.78, 5) is 0. The first-order chi connectivity index (χ1) is 14.1. The predicted molar refractivity (Wildman–Crippen MR) is 121 cm³/mol. The summed E-state index contributed by atoms with van der Waals surface area (Å²) in [5, 5.41) is 0.237. The van der Waals surface area contributed by atoms with Crippen LogP contribution in [0.1, 0.15) is 87.7 Å². The zero-order chi connectivity index (χ0) is 20.2. The molecule has 2 aliphatic rings. The van der Waals surface area contributed by atoms with E-state index in [1.165, 1.54) is 63.4 Å². The maximum absolute atomic E-state index is 13.8. The van der Waals surface area contributed by atoms with Gasteiger partial charge in [-0.05, 0) is 97.8 Å². The first-order valence-electron chi connectivity index (χ1n) is 11.6. The van der Waals surface area contributed by atoms with Crippen LogP contribution in [0.15, 0.2) is 48.5 Å². The summed E-state index contributed by atoms with van der Waals surface area (Å²) in [7, 11) is 0. The third kappa shape index (κ3) is 5.23. The minimum absolute atomic E-state index is 0.237. The number of halogens is 2. The van der Waals surface area contributed by atoms with E-state index < -0.39 is 0 Å². The summed E-state index contributed by atoms with van der Waals surface area (Å²) in [6.07, 6.45) is 12.0. The van der Waals surface area contributed by atoms with Crippen LogP contribution in [0.5, 0.6) is 0 Å². The van der Waals surface area contributed by atoms with Gasteiger partial charge in [0.05, 0.1) is 5.02 Å². The second-order valence-corrected chi connectivity index (χ2v) is 10.0. The van der Waals surface area contributed by atoms with Gasteiger partial charge in [-0.2, -0.15) is 0 Å². The fraction of sp³-hybridized carbons (Fsp3) is 0.556. The second-order valence-electron chi connectivity index (χ2n) is 9.61. The molecular formula is C27H34ClF. The van der Waals surface area contributed by atoms with Crippen LogP contribution in [0.3, 0.4) is 0 Å². The molecule has 2 aliphatic carbocycles. The van der Waals surface area contributed by atoms with Crippen LogP contribution in [0.4, 0.5) is 4.39 Å². The first kappa shape index (κ1) is 20.9. The van der Waals surface area contributed by atoms with Gasteiger partial charge in [0.15, 0.2) is 0 Å². The highest BCUT2D eigenvalue weighted by Crippen LogP contribution is 2.45. The van der Waals surface area contributed by atoms with Gasteiger partial charge < -0.3 is 0 Å². The Labute approximate surface area is 180 Å². The molecule has 0 saturated heterocycles. The van der Waals surface area contributed by atoms with Gasteiger partial charge in [0.25, 0.3) is 0 Å². The summed E-state index contributed by atoms with van der Waals surface area (Å²) < 4.78 is 13.8. The van der Waals surface area contributed by atoms with Crippen molar-refractivity contribution in [3.05, 3.63) is 70.5 Å². The van der Waals surface area contributed by atoms with Gasteiger partial charge in [-0.15, -0.1) is 0 Å². The number of hydrogen-bond donors (Lipinski definition) is 0. The highest BCUT2D eigenvalue weighted by Gasteiger charge is 2.31. The fourth-order valence-corrected chi connectivity index (χ4v) is 6.12. The molecule has 2 aromatic carbocycles. The molecule has 0 amide bonds. The van der Waals surface area contributed by atoms with Crippen molar-refractivity contribution in [1.82, 2.24) is 0 Å². The summed E-state index contributed by atoms with van der Waals surface area (Å²) in [5.41, 5.74) is 2.63. The van der Waals surface area contributed by atoms with Gasteiger partial charge in [-0.3, -0.25) is 0 Å². The van der Waals surface area contributed by atoms with Gasteiger partial charge in [0.2, 0.25) is 0 Å². The van der Waals surface area contributed by atoms with Crippen LogP contribution in [0.2, 0.25) is 5.02 Å². The van der Waals surface area contributed by atoms with Crippen LogP contribution < -0.4 is 0 Å². The summed E-state index contributed by atoms with van der Waals surface area (Å²) >= 11 is 5.85. The Bertz CT molecular complexity index is 770. The van der Waals surface area contributed by atoms with Gasteiger partial charge in [-0.25, -0.2) is 4.39 Å². The number of hydrogen-bond acceptors (Lipinski definition) is 0. The van der Waals surface area contributed by atoms with E-state index >= 15 is 0 Å². The van der Waals surface area contributed by atoms with E-state index in [0.717, 1.165) is 23.3 Å². The summed E-state index contributed by atoms with van der Waals surface area (Å²) in [5.74, 6) is 3.62. The molecule has 0 bridgehead atoms. The Hall–Kier alpha value is -1.34. The average molecular weight is 413 g/mol. The predicted octanol–water partition coefficient (Wildman–Crippen LogP) is 8.75. The Balaban J connectivity index is 1.23. The third-order valence-electron chi connectivity index (χ3n) is 7.80. The van der Waals surface area contributed by atoms with Gasteiger partial charge in [0.1, 0.15) is 5.82 Å². The minimum atomic E-state index is -0.269. The standard InChI is InChI=1S/C27H34ClF/c1-19(21-5-3-2-4-6-21)17-20-7-9-22(10-8-20)23-11-13-24(14-12-23)25-15-16-26(28)27(29)18-25/h2-6,15-16,18-20,22-24H,7-14,17H2,1H3/t19-,20?,22?,23?,24?/m1/s1. The lowest BCUT2D eigenvalue weighted by molar-refractivity contribution is 0.154. The average Bonchev–Trinajstić information content (AvgIpc) is 2.77. The van der Waals surface area contributed by atoms with E-state index in [1.54, 1.807) is 12.1 Å². The van der Waals surface area contributed by atoms with Crippen molar-refractivity contribution in [1.29, 1.82) is 0 Å². The van der Waals surface area contributed by atoms with E-state index in [2.05, 4.69) is 37.3 Å². The van der Waals surface area contributed by atoms with Crippen LogP contribution in [-0.4, -0.2) is 0 Å². The third-order valence-corrected chi connectivity index (χ3v) is 8.11. The first-order valence-corrected chi connectivity index (χ1v) is 12.0. The van der Waals surface area contributed by atoms with Crippen molar-refractivity contribution >= 4 is 11.6 Å². The minimum Gasteiger partial charge on any atom is -0.205 e. The number of benzene rings is 2. The molecule has 0 spiro atoms. The van der Waals surface area contributed by atoms with E-state index in [4.69, 9.17) is 11.6 Å². The molecule has 2 aromatic rings. The van der Waals surface area contributed by atoms with Crippen molar-refractivity contribution in [2.24, 2.45) is 17.8 Å². The zero-order valence-corrected chi connectivity index (χ0v) is 18.4. The summed E-state index contributed by atoms with van der Waals surface area (Å²) in [6, 6.07) is 16.4. The van der Waals surface area contributed by atoms with Crippen molar-refractivity contribution in [2.75, 3.05) is 0 Å². The van der Waals surface area contributed by atoms with Crippen LogP contribution in [0.25, 0.3) is 0 Å². The number of rotatable bonds is 5. The van der Waals surface area contributed by atoms with Crippen molar-refractivity contribution in [3.63, 3.8) is 0 Å². The fourth-order valence-electron chi connectivity index (χ4n) is 6.00. The van der Waals surface area contributed by atoms with Crippen molar-refractivity contribution < 1.29 is 4.39 Å². The molecule has 0 heterocycles. The Morgan fingerprint density at radius 3 is 2.10 bits per heavy atom. The topological polar surface area (TPSA) is 0 Å². The molecule has 29 heavy (non-hydrogen) atoms. The molecule has 0 unspecified atom stereocenters. The lowest BCUT2D eigenvalue weighted by Crippen LogP contribution is -2.25. The zero-order valence-electron chi connectivity index (χ0n) is 17.6. The molecule has 2 heteroatoms. The van der Waals surface area contributed by atoms with Crippen LogP contribution in [0, 0.1) is 23.6 Å². The van der Waals surface area contributed by atoms with Gasteiger partial charge >= 0.3 is 0 Å². The molecule has 156 valence electrons. The molecule has 2 saturated carbocycles. The SMILES string of the molecule is C[C@H](CC1CCC(C2CCC(c3ccc(Cl)c(F)c3)CC2)CC1)c1ccccc1. The van der Waals surface area contributed by atoms with Crippen LogP contribution in [-0.2, 0) is 0 Å². The molecule has 0 aliphatic heterocycles. The smallest absolute Gasteiger partial charge is 0.142 e. The van der Waals surface area contributed by atoms with Gasteiger partial charge in [-0.1, -0.05) is 67.8 Å². The van der Waals surface area contributed by atoms with Gasteiger partial charge in [0, 0.05) is 0 Å². The van der Waals surface area contributed by atoms with E-state index in [1.807, 2.05) is 6.07 Å². The van der Waals surface area contributed by atoms with E-state index in [-0.39, 0.29) is 10.8 Å². The molecule has 0 nitrogen and oxygen atoms in total. The second kappa shape index (κ2) is 9.65. The highest BCUT2D eigenvalue weighted by atomic mass is 35.5. The van der Waals surface area contributed by atoms with Crippen molar-refractivity contribution in [3.8, 4) is 0 Å². The highest BCUT2D eigenvalue weighted by molar-refractivity contribution is 6.30. The molecule has 0 aromatic heterocycles. The maximum atomic E-state index is 13.8. The normalized spacial score (nSPS) is 28.8.